The van der Waals surface area contributed by atoms with Crippen LogP contribution in [-0.2, 0) is 4.79 Å². The van der Waals surface area contributed by atoms with Gasteiger partial charge in [-0.15, -0.1) is 0 Å². The van der Waals surface area contributed by atoms with E-state index < -0.39 is 6.04 Å². The van der Waals surface area contributed by atoms with Crippen molar-refractivity contribution in [1.82, 2.24) is 10.3 Å². The predicted molar refractivity (Wildman–Crippen MR) is 59.2 cm³/mol. The molecule has 1 atom stereocenters. The van der Waals surface area contributed by atoms with Crippen LogP contribution < -0.4 is 11.1 Å². The number of pyridine rings is 1. The predicted octanol–water partition coefficient (Wildman–Crippen LogP) is 0.914. The Kier molecular flexibility index (Phi) is 3.80. The average Bonchev–Trinajstić information content (AvgIpc) is 2.15. The summed E-state index contributed by atoms with van der Waals surface area (Å²) in [5.74, 6) is -0.375. The molecule has 0 saturated carbocycles. The lowest BCUT2D eigenvalue weighted by Gasteiger charge is -2.19. The zero-order valence-electron chi connectivity index (χ0n) is 9.32. The summed E-state index contributed by atoms with van der Waals surface area (Å²) in [6, 6.07) is 1.61. The highest BCUT2D eigenvalue weighted by molar-refractivity contribution is 5.81. The molecule has 1 aromatic rings. The Morgan fingerprint density at radius 1 is 1.53 bits per heavy atom. The first-order valence-electron chi connectivity index (χ1n) is 4.98. The van der Waals surface area contributed by atoms with Gasteiger partial charge in [0.25, 0.3) is 0 Å². The molecule has 1 heterocycles. The molecule has 0 bridgehead atoms. The minimum atomic E-state index is -0.460. The molecule has 3 N–H and O–H groups in total. The Labute approximate surface area is 89.9 Å². The molecule has 1 unspecified atom stereocenters. The van der Waals surface area contributed by atoms with Crippen LogP contribution >= 0.6 is 0 Å². The maximum Gasteiger partial charge on any atom is 0.239 e. The molecular formula is C11H17N3O. The van der Waals surface area contributed by atoms with Gasteiger partial charge in [0, 0.05) is 18.4 Å². The number of carbonyl (C=O) groups is 1. The molecule has 0 aliphatic carbocycles. The standard InChI is InChI=1S/C11H17N3O/c1-7(2)14-10(11(12)15)9-6-13-5-4-8(9)3/h4-7,10,14H,1-3H3,(H2,12,15). The number of aryl methyl sites for hydroxylation is 1. The van der Waals surface area contributed by atoms with E-state index in [1.165, 1.54) is 0 Å². The van der Waals surface area contributed by atoms with Gasteiger partial charge in [-0.3, -0.25) is 15.1 Å². The molecule has 0 saturated heterocycles. The van der Waals surface area contributed by atoms with Crippen LogP contribution in [0.4, 0.5) is 0 Å². The third kappa shape index (κ3) is 3.02. The Morgan fingerprint density at radius 3 is 2.67 bits per heavy atom. The Bertz CT molecular complexity index is 349. The van der Waals surface area contributed by atoms with Crippen molar-refractivity contribution >= 4 is 5.91 Å². The van der Waals surface area contributed by atoms with Crippen LogP contribution in [0, 0.1) is 6.92 Å². The quantitative estimate of drug-likeness (QED) is 0.771. The first-order chi connectivity index (χ1) is 7.02. The fraction of sp³-hybridized carbons (Fsp3) is 0.455. The molecule has 0 spiro atoms. The molecule has 82 valence electrons. The van der Waals surface area contributed by atoms with Gasteiger partial charge in [0.2, 0.25) is 5.91 Å². The lowest BCUT2D eigenvalue weighted by atomic mass is 10.0. The number of amides is 1. The van der Waals surface area contributed by atoms with Gasteiger partial charge in [-0.05, 0) is 38.0 Å². The number of rotatable bonds is 4. The molecular weight excluding hydrogens is 190 g/mol. The molecule has 1 aromatic heterocycles. The van der Waals surface area contributed by atoms with Crippen molar-refractivity contribution in [2.45, 2.75) is 32.9 Å². The minimum absolute atomic E-state index is 0.196. The molecule has 4 heteroatoms. The van der Waals surface area contributed by atoms with Gasteiger partial charge in [0.1, 0.15) is 6.04 Å². The van der Waals surface area contributed by atoms with E-state index in [4.69, 9.17) is 5.73 Å². The van der Waals surface area contributed by atoms with E-state index in [0.717, 1.165) is 11.1 Å². The van der Waals surface area contributed by atoms with Crippen molar-refractivity contribution in [1.29, 1.82) is 0 Å². The highest BCUT2D eigenvalue weighted by atomic mass is 16.1. The summed E-state index contributed by atoms with van der Waals surface area (Å²) < 4.78 is 0. The first kappa shape index (κ1) is 11.7. The van der Waals surface area contributed by atoms with Crippen molar-refractivity contribution < 1.29 is 4.79 Å². The van der Waals surface area contributed by atoms with Crippen LogP contribution in [0.2, 0.25) is 0 Å². The number of nitrogens with one attached hydrogen (secondary N) is 1. The van der Waals surface area contributed by atoms with E-state index in [2.05, 4.69) is 10.3 Å². The monoisotopic (exact) mass is 207 g/mol. The Balaban J connectivity index is 2.99. The van der Waals surface area contributed by atoms with Crippen LogP contribution in [-0.4, -0.2) is 16.9 Å². The fourth-order valence-electron chi connectivity index (χ4n) is 1.44. The van der Waals surface area contributed by atoms with E-state index in [1.54, 1.807) is 12.4 Å². The van der Waals surface area contributed by atoms with Gasteiger partial charge < -0.3 is 5.73 Å². The average molecular weight is 207 g/mol. The lowest BCUT2D eigenvalue weighted by molar-refractivity contribution is -0.120. The molecule has 0 aliphatic heterocycles. The second kappa shape index (κ2) is 4.89. The number of carbonyl (C=O) groups excluding carboxylic acids is 1. The topological polar surface area (TPSA) is 68.0 Å². The summed E-state index contributed by atoms with van der Waals surface area (Å²) in [5, 5.41) is 3.12. The largest absolute Gasteiger partial charge is 0.368 e. The van der Waals surface area contributed by atoms with Crippen molar-refractivity contribution in [3.8, 4) is 0 Å². The Morgan fingerprint density at radius 2 is 2.20 bits per heavy atom. The summed E-state index contributed by atoms with van der Waals surface area (Å²) in [4.78, 5) is 15.3. The summed E-state index contributed by atoms with van der Waals surface area (Å²) >= 11 is 0. The lowest BCUT2D eigenvalue weighted by Crippen LogP contribution is -2.37. The summed E-state index contributed by atoms with van der Waals surface area (Å²) in [6.45, 7) is 5.89. The van der Waals surface area contributed by atoms with Crippen LogP contribution in [0.25, 0.3) is 0 Å². The van der Waals surface area contributed by atoms with Gasteiger partial charge in [0.15, 0.2) is 0 Å². The van der Waals surface area contributed by atoms with Crippen LogP contribution in [0.3, 0.4) is 0 Å². The van der Waals surface area contributed by atoms with Gasteiger partial charge in [0.05, 0.1) is 0 Å². The summed E-state index contributed by atoms with van der Waals surface area (Å²) in [5.41, 5.74) is 7.22. The zero-order valence-corrected chi connectivity index (χ0v) is 9.32. The van der Waals surface area contributed by atoms with E-state index in [-0.39, 0.29) is 11.9 Å². The molecule has 0 fully saturated rings. The third-order valence-corrected chi connectivity index (χ3v) is 2.18. The van der Waals surface area contributed by atoms with Gasteiger partial charge >= 0.3 is 0 Å². The van der Waals surface area contributed by atoms with Crippen molar-refractivity contribution in [2.75, 3.05) is 0 Å². The highest BCUT2D eigenvalue weighted by Gasteiger charge is 2.20. The minimum Gasteiger partial charge on any atom is -0.368 e. The molecule has 4 nitrogen and oxygen atoms in total. The first-order valence-corrected chi connectivity index (χ1v) is 4.98. The molecule has 1 rings (SSSR count). The van der Waals surface area contributed by atoms with Gasteiger partial charge in [-0.1, -0.05) is 0 Å². The highest BCUT2D eigenvalue weighted by Crippen LogP contribution is 2.16. The Hall–Kier alpha value is -1.42. The number of hydrogen-bond donors (Lipinski definition) is 2. The van der Waals surface area contributed by atoms with Gasteiger partial charge in [-0.2, -0.15) is 0 Å². The van der Waals surface area contributed by atoms with Crippen molar-refractivity contribution in [3.63, 3.8) is 0 Å². The van der Waals surface area contributed by atoms with Gasteiger partial charge in [-0.25, -0.2) is 0 Å². The van der Waals surface area contributed by atoms with E-state index in [1.807, 2.05) is 26.8 Å². The maximum absolute atomic E-state index is 11.3. The molecule has 15 heavy (non-hydrogen) atoms. The number of primary amides is 1. The second-order valence-corrected chi connectivity index (χ2v) is 3.89. The van der Waals surface area contributed by atoms with Crippen molar-refractivity contribution in [2.24, 2.45) is 5.73 Å². The molecule has 0 aliphatic rings. The summed E-state index contributed by atoms with van der Waals surface area (Å²) in [7, 11) is 0. The second-order valence-electron chi connectivity index (χ2n) is 3.89. The summed E-state index contributed by atoms with van der Waals surface area (Å²) in [6.07, 6.45) is 3.38. The normalized spacial score (nSPS) is 12.8. The number of hydrogen-bond acceptors (Lipinski definition) is 3. The third-order valence-electron chi connectivity index (χ3n) is 2.18. The molecule has 1 amide bonds. The maximum atomic E-state index is 11.3. The van der Waals surface area contributed by atoms with Crippen LogP contribution in [0.15, 0.2) is 18.5 Å². The van der Waals surface area contributed by atoms with E-state index >= 15 is 0 Å². The molecule has 0 radical (unpaired) electrons. The molecule has 0 aromatic carbocycles. The number of aromatic nitrogens is 1. The van der Waals surface area contributed by atoms with Crippen LogP contribution in [0.1, 0.15) is 31.0 Å². The number of nitrogens with two attached hydrogens (primary N) is 1. The van der Waals surface area contributed by atoms with E-state index in [0.29, 0.717) is 0 Å². The van der Waals surface area contributed by atoms with Crippen molar-refractivity contribution in [3.05, 3.63) is 29.6 Å². The number of nitrogens with zero attached hydrogens (tertiary/aromatic N) is 1. The SMILES string of the molecule is Cc1ccncc1C(NC(C)C)C(N)=O. The van der Waals surface area contributed by atoms with E-state index in [9.17, 15) is 4.79 Å². The fourth-order valence-corrected chi connectivity index (χ4v) is 1.44. The van der Waals surface area contributed by atoms with Crippen LogP contribution in [0.5, 0.6) is 0 Å². The zero-order chi connectivity index (χ0) is 11.4. The smallest absolute Gasteiger partial charge is 0.239 e.